The van der Waals surface area contributed by atoms with Crippen LogP contribution in [0.1, 0.15) is 6.23 Å². The Morgan fingerprint density at radius 1 is 1.07 bits per heavy atom. The molecule has 3 rings (SSSR count). The zero-order valence-electron chi connectivity index (χ0n) is 20.5. The van der Waals surface area contributed by atoms with Gasteiger partial charge in [-0.2, -0.15) is 17.5 Å². The lowest BCUT2D eigenvalue weighted by Gasteiger charge is -2.42. The predicted molar refractivity (Wildman–Crippen MR) is 121 cm³/mol. The number of carbonyl (C=O) groups is 1. The van der Waals surface area contributed by atoms with E-state index in [-0.39, 0.29) is 0 Å². The molecule has 0 aromatic carbocycles. The molecule has 2 saturated heterocycles. The number of hydrogen-bond acceptors (Lipinski definition) is 15. The van der Waals surface area contributed by atoms with Crippen LogP contribution in [-0.4, -0.2) is 119 Å². The number of aliphatic hydroxyl groups excluding tert-OH is 5. The molecule has 0 bridgehead atoms. The second-order valence-electron chi connectivity index (χ2n) is 8.68. The van der Waals surface area contributed by atoms with E-state index < -0.39 is 107 Å². The van der Waals surface area contributed by atoms with Gasteiger partial charge in [-0.1, -0.05) is 0 Å². The molecule has 0 spiro atoms. The lowest BCUT2D eigenvalue weighted by Crippen LogP contribution is -2.65. The molecule has 2 aliphatic heterocycles. The number of carbonyl (C=O) groups excluding carboxylic acids is 1. The average molecular weight is 661 g/mol. The van der Waals surface area contributed by atoms with Gasteiger partial charge in [0.25, 0.3) is 5.56 Å². The molecule has 2 aliphatic rings. The van der Waals surface area contributed by atoms with Crippen molar-refractivity contribution in [3.05, 3.63) is 33.1 Å². The Morgan fingerprint density at radius 3 is 2.26 bits per heavy atom. The second-order valence-corrected chi connectivity index (χ2v) is 11.7. The molecule has 1 aromatic heterocycles. The number of nitrogens with one attached hydrogen (secondary N) is 2. The molecule has 1 aromatic rings. The van der Waals surface area contributed by atoms with Crippen molar-refractivity contribution in [2.45, 2.75) is 61.4 Å². The molecule has 9 N–H and O–H groups in total. The maximum Gasteiger partial charge on any atom is 0.484 e. The topological polar surface area (TPSA) is 306 Å². The van der Waals surface area contributed by atoms with E-state index in [1.807, 2.05) is 4.98 Å². The van der Waals surface area contributed by atoms with Gasteiger partial charge in [-0.3, -0.25) is 28.2 Å². The number of aromatic nitrogens is 2. The minimum atomic E-state index is -5.88. The van der Waals surface area contributed by atoms with Crippen LogP contribution in [0.3, 0.4) is 0 Å². The summed E-state index contributed by atoms with van der Waals surface area (Å²) in [5.41, 5.74) is -1.93. The van der Waals surface area contributed by atoms with E-state index in [9.17, 15) is 72.0 Å². The number of hydrogen-bond donors (Lipinski definition) is 9. The Hall–Kier alpha value is -2.08. The van der Waals surface area contributed by atoms with E-state index in [2.05, 4.69) is 4.31 Å². The highest BCUT2D eigenvalue weighted by Crippen LogP contribution is 2.62. The summed E-state index contributed by atoms with van der Waals surface area (Å²) in [5, 5.41) is 51.6. The van der Waals surface area contributed by atoms with Gasteiger partial charge >= 0.3 is 33.4 Å². The summed E-state index contributed by atoms with van der Waals surface area (Å²) >= 11 is 0. The predicted octanol–water partition coefficient (Wildman–Crippen LogP) is -4.11. The minimum absolute atomic E-state index is 0.625. The normalized spacial score (nSPS) is 33.7. The van der Waals surface area contributed by atoms with Crippen molar-refractivity contribution in [3.63, 3.8) is 0 Å². The Kier molecular flexibility index (Phi) is 10.6. The summed E-state index contributed by atoms with van der Waals surface area (Å²) in [7, 11) is -11.7. The van der Waals surface area contributed by atoms with Gasteiger partial charge in [0, 0.05) is 12.3 Å². The van der Waals surface area contributed by atoms with Crippen LogP contribution in [0.4, 0.5) is 13.2 Å². The summed E-state index contributed by atoms with van der Waals surface area (Å²) in [6, 6.07) is -1.62. The van der Waals surface area contributed by atoms with Crippen LogP contribution < -0.4 is 16.6 Å². The first-order valence-electron chi connectivity index (χ1n) is 11.3. The van der Waals surface area contributed by atoms with Gasteiger partial charge in [-0.15, -0.1) is 0 Å². The van der Waals surface area contributed by atoms with Crippen LogP contribution in [0.5, 0.6) is 0 Å². The van der Waals surface area contributed by atoms with Crippen molar-refractivity contribution in [1.29, 1.82) is 0 Å². The maximum absolute atomic E-state index is 13.3. The smallest absolute Gasteiger partial charge is 0.394 e. The summed E-state index contributed by atoms with van der Waals surface area (Å²) < 4.78 is 87.5. The van der Waals surface area contributed by atoms with Crippen LogP contribution in [0.25, 0.3) is 0 Å². The van der Waals surface area contributed by atoms with E-state index in [1.165, 1.54) is 5.32 Å². The zero-order chi connectivity index (χ0) is 31.8. The number of H-pyrrole nitrogens is 1. The first-order valence-corrected chi connectivity index (χ1v) is 14.3. The highest BCUT2D eigenvalue weighted by molar-refractivity contribution is 7.61. The minimum Gasteiger partial charge on any atom is -0.394 e. The highest BCUT2D eigenvalue weighted by Gasteiger charge is 2.54. The van der Waals surface area contributed by atoms with Crippen molar-refractivity contribution < 1.29 is 85.2 Å². The number of rotatable bonds is 10. The van der Waals surface area contributed by atoms with Gasteiger partial charge in [0.1, 0.15) is 42.7 Å². The fraction of sp³-hybridized carbons (Fsp3) is 0.706. The molecule has 25 heteroatoms. The molecule has 3 heterocycles. The molecular formula is C17H24F3N3O17P2. The Morgan fingerprint density at radius 2 is 1.71 bits per heavy atom. The molecule has 1 amide bonds. The van der Waals surface area contributed by atoms with Gasteiger partial charge in [0.15, 0.2) is 12.5 Å². The van der Waals surface area contributed by atoms with Gasteiger partial charge in [-0.25, -0.2) is 13.9 Å². The molecule has 1 unspecified atom stereocenters. The molecular weight excluding hydrogens is 637 g/mol. The number of phosphoric acid groups is 2. The molecule has 240 valence electrons. The van der Waals surface area contributed by atoms with Crippen molar-refractivity contribution in [1.82, 2.24) is 14.9 Å². The number of aliphatic hydroxyl groups is 5. The van der Waals surface area contributed by atoms with Crippen LogP contribution in [-0.2, 0) is 36.8 Å². The van der Waals surface area contributed by atoms with Crippen LogP contribution in [0, 0.1) is 0 Å². The SMILES string of the molecule is O=C(N[C@@H]1[C@@H](OP(=O)(OC[C@H]2O[C@@H](n3ccc(=O)[nH]c3=O)[C@H](O)[C@@H]2O)OP(=O)(O)O)[C@H](O)[C@@H](CO)O[C@@H]1O)C(F)(F)F. The van der Waals surface area contributed by atoms with E-state index in [4.69, 9.17) is 18.5 Å². The highest BCUT2D eigenvalue weighted by atomic mass is 31.3. The van der Waals surface area contributed by atoms with E-state index in [1.54, 1.807) is 0 Å². The Balaban J connectivity index is 1.87. The number of halogens is 3. The lowest BCUT2D eigenvalue weighted by atomic mass is 9.97. The average Bonchev–Trinajstić information content (AvgIpc) is 3.13. The van der Waals surface area contributed by atoms with Crippen molar-refractivity contribution in [3.8, 4) is 0 Å². The monoisotopic (exact) mass is 661 g/mol. The number of amides is 1. The third kappa shape index (κ3) is 8.09. The molecule has 42 heavy (non-hydrogen) atoms. The first kappa shape index (κ1) is 34.4. The zero-order valence-corrected chi connectivity index (χ0v) is 22.2. The molecule has 2 fully saturated rings. The Labute approximate surface area is 230 Å². The fourth-order valence-electron chi connectivity index (χ4n) is 3.84. The standard InChI is InChI=1S/C17H24F3N3O17P2/c18-17(19,20)15(30)22-8-12(10(27)5(3-24)38-14(8)29)39-42(35,40-41(32,33)34)36-4-6-9(26)11(28)13(37-6)23-2-1-7(25)21-16(23)31/h1-2,5-6,8-14,24,26-29H,3-4H2,(H,22,30)(H,21,25,31)(H2,32,33,34)/t5-,6-,8-,9-,10-,11-,12-,13-,14+,42?/m1/s1. The molecule has 20 nitrogen and oxygen atoms in total. The third-order valence-electron chi connectivity index (χ3n) is 5.74. The first-order chi connectivity index (χ1) is 19.3. The Bertz CT molecular complexity index is 1340. The summed E-state index contributed by atoms with van der Waals surface area (Å²) in [6.07, 6.45) is -21.4. The van der Waals surface area contributed by atoms with Crippen molar-refractivity contribution in [2.24, 2.45) is 0 Å². The number of ether oxygens (including phenoxy) is 2. The summed E-state index contributed by atoms with van der Waals surface area (Å²) in [4.78, 5) is 55.0. The van der Waals surface area contributed by atoms with Crippen molar-refractivity contribution >= 4 is 21.6 Å². The largest absolute Gasteiger partial charge is 0.484 e. The van der Waals surface area contributed by atoms with Gasteiger partial charge in [0.05, 0.1) is 13.2 Å². The van der Waals surface area contributed by atoms with Crippen LogP contribution in [0.2, 0.25) is 0 Å². The van der Waals surface area contributed by atoms with Gasteiger partial charge in [-0.05, 0) is 0 Å². The number of aromatic amines is 1. The van der Waals surface area contributed by atoms with Crippen molar-refractivity contribution in [2.75, 3.05) is 13.2 Å². The number of alkyl halides is 3. The van der Waals surface area contributed by atoms with Crippen LogP contribution in [0.15, 0.2) is 21.9 Å². The molecule has 10 atom stereocenters. The van der Waals surface area contributed by atoms with Gasteiger partial charge < -0.3 is 50.1 Å². The van der Waals surface area contributed by atoms with E-state index in [0.717, 1.165) is 12.3 Å². The van der Waals surface area contributed by atoms with E-state index in [0.29, 0.717) is 4.57 Å². The summed E-state index contributed by atoms with van der Waals surface area (Å²) in [5.74, 6) is -2.73. The number of nitrogens with zero attached hydrogens (tertiary/aromatic N) is 1. The number of phosphoric ester groups is 1. The van der Waals surface area contributed by atoms with Crippen LogP contribution >= 0.6 is 15.6 Å². The quantitative estimate of drug-likeness (QED) is 0.108. The lowest BCUT2D eigenvalue weighted by molar-refractivity contribution is -0.253. The summed E-state index contributed by atoms with van der Waals surface area (Å²) in [6.45, 7) is -2.40. The van der Waals surface area contributed by atoms with Gasteiger partial charge in [0.2, 0.25) is 0 Å². The molecule has 0 radical (unpaired) electrons. The third-order valence-corrected chi connectivity index (χ3v) is 8.36. The molecule has 0 aliphatic carbocycles. The molecule has 0 saturated carbocycles. The maximum atomic E-state index is 13.3. The fourth-order valence-corrected chi connectivity index (χ4v) is 6.17. The van der Waals surface area contributed by atoms with E-state index >= 15 is 0 Å². The second kappa shape index (κ2) is 12.9.